The van der Waals surface area contributed by atoms with Gasteiger partial charge in [-0.25, -0.2) is 0 Å². The second-order valence-corrected chi connectivity index (χ2v) is 15.7. The van der Waals surface area contributed by atoms with Crippen molar-refractivity contribution in [2.75, 3.05) is 21.2 Å². The fourth-order valence-electron chi connectivity index (χ4n) is 7.92. The van der Waals surface area contributed by atoms with E-state index < -0.39 is 88.5 Å². The van der Waals surface area contributed by atoms with Crippen molar-refractivity contribution in [3.8, 4) is 0 Å². The zero-order valence-electron chi connectivity index (χ0n) is 32.9. The summed E-state index contributed by atoms with van der Waals surface area (Å²) in [5, 5.41) is 45.8. The Labute approximate surface area is 312 Å². The van der Waals surface area contributed by atoms with Gasteiger partial charge < -0.3 is 43.9 Å². The molecule has 2 aliphatic rings. The highest BCUT2D eigenvalue weighted by molar-refractivity contribution is 5.83. The van der Waals surface area contributed by atoms with Gasteiger partial charge in [0.25, 0.3) is 5.69 Å². The molecular weight excluding hydrogens is 692 g/mol. The van der Waals surface area contributed by atoms with E-state index in [4.69, 9.17) is 23.7 Å². The first-order valence-electron chi connectivity index (χ1n) is 18.4. The highest BCUT2D eigenvalue weighted by Crippen LogP contribution is 2.40. The van der Waals surface area contributed by atoms with Gasteiger partial charge in [-0.3, -0.25) is 24.5 Å². The van der Waals surface area contributed by atoms with E-state index in [-0.39, 0.29) is 42.9 Å². The number of nitro groups is 1. The van der Waals surface area contributed by atoms with Crippen LogP contribution in [-0.4, -0.2) is 124 Å². The molecular formula is C38H60N2O13. The minimum Gasteiger partial charge on any atom is -0.461 e. The molecule has 0 spiro atoms. The number of rotatable bonds is 9. The molecule has 0 bridgehead atoms. The number of hydrogen-bond donors (Lipinski definition) is 3. The largest absolute Gasteiger partial charge is 0.461 e. The number of benzene rings is 1. The first-order valence-corrected chi connectivity index (χ1v) is 18.4. The Morgan fingerprint density at radius 2 is 1.74 bits per heavy atom. The van der Waals surface area contributed by atoms with Crippen LogP contribution in [0.25, 0.3) is 0 Å². The van der Waals surface area contributed by atoms with Crippen LogP contribution in [-0.2, 0) is 44.5 Å². The number of non-ortho nitro benzene ring substituents is 1. The zero-order chi connectivity index (χ0) is 40.2. The molecule has 2 heterocycles. The SMILES string of the molecule is CC[C@H]1OC(=O)[C@H](C)[C@@H](OC(=O)Cc2cccc([N+](=O)[O-])c2)[C@H](C)[C@@H](OC2O[C@H](C)C[C@H](N(C)C)[C@H]2O)[C@@](C)(OC)C[C@@H](C)C(=O)[C@H](C)[C@@H](O)[C@]1(C)O. The average molecular weight is 753 g/mol. The lowest BCUT2D eigenvalue weighted by Crippen LogP contribution is -2.60. The Hall–Kier alpha value is -3.05. The number of aliphatic hydroxyl groups is 3. The quantitative estimate of drug-likeness (QED) is 0.188. The summed E-state index contributed by atoms with van der Waals surface area (Å²) in [4.78, 5) is 54.3. The van der Waals surface area contributed by atoms with Gasteiger partial charge in [0.05, 0.1) is 41.2 Å². The van der Waals surface area contributed by atoms with Crippen molar-refractivity contribution in [3.05, 3.63) is 39.9 Å². The van der Waals surface area contributed by atoms with Crippen molar-refractivity contribution >= 4 is 23.4 Å². The summed E-state index contributed by atoms with van der Waals surface area (Å²) < 4.78 is 30.9. The number of aliphatic hydroxyl groups excluding tert-OH is 2. The van der Waals surface area contributed by atoms with Crippen LogP contribution < -0.4 is 0 Å². The number of carbonyl (C=O) groups is 3. The molecule has 2 aliphatic heterocycles. The molecule has 0 saturated carbocycles. The van der Waals surface area contributed by atoms with E-state index in [1.807, 2.05) is 25.9 Å². The molecule has 14 atom stereocenters. The van der Waals surface area contributed by atoms with Gasteiger partial charge in [-0.2, -0.15) is 0 Å². The maximum atomic E-state index is 14.0. The Morgan fingerprint density at radius 3 is 2.30 bits per heavy atom. The van der Waals surface area contributed by atoms with Gasteiger partial charge in [0, 0.05) is 43.0 Å². The summed E-state index contributed by atoms with van der Waals surface area (Å²) >= 11 is 0. The van der Waals surface area contributed by atoms with E-state index >= 15 is 0 Å². The van der Waals surface area contributed by atoms with Crippen LogP contribution >= 0.6 is 0 Å². The zero-order valence-corrected chi connectivity index (χ0v) is 32.9. The fourth-order valence-corrected chi connectivity index (χ4v) is 7.92. The van der Waals surface area contributed by atoms with Crippen molar-refractivity contribution < 1.29 is 58.3 Å². The molecule has 1 unspecified atom stereocenters. The summed E-state index contributed by atoms with van der Waals surface area (Å²) in [5.41, 5.74) is -3.30. The van der Waals surface area contributed by atoms with Crippen LogP contribution in [0.1, 0.15) is 80.2 Å². The Kier molecular flexibility index (Phi) is 15.1. The van der Waals surface area contributed by atoms with Crippen molar-refractivity contribution in [1.29, 1.82) is 0 Å². The van der Waals surface area contributed by atoms with Gasteiger partial charge in [-0.15, -0.1) is 0 Å². The first-order chi connectivity index (χ1) is 24.6. The molecule has 0 amide bonds. The normalized spacial score (nSPS) is 39.2. The first kappa shape index (κ1) is 44.3. The Morgan fingerprint density at radius 1 is 1.09 bits per heavy atom. The summed E-state index contributed by atoms with van der Waals surface area (Å²) in [5.74, 6) is -5.98. The van der Waals surface area contributed by atoms with Crippen molar-refractivity contribution in [2.24, 2.45) is 23.7 Å². The number of hydrogen-bond acceptors (Lipinski definition) is 14. The third-order valence-corrected chi connectivity index (χ3v) is 11.2. The number of likely N-dealkylation sites (N-methyl/N-ethyl adjacent to an activating group) is 1. The molecule has 15 nitrogen and oxygen atoms in total. The van der Waals surface area contributed by atoms with Crippen LogP contribution in [0.15, 0.2) is 24.3 Å². The summed E-state index contributed by atoms with van der Waals surface area (Å²) in [6.07, 6.45) is -7.64. The number of ketones is 1. The lowest BCUT2D eigenvalue weighted by molar-refractivity contribution is -0.384. The van der Waals surface area contributed by atoms with E-state index in [1.54, 1.807) is 33.8 Å². The predicted molar refractivity (Wildman–Crippen MR) is 192 cm³/mol. The number of ether oxygens (including phenoxy) is 5. The van der Waals surface area contributed by atoms with E-state index in [0.717, 1.165) is 0 Å². The van der Waals surface area contributed by atoms with Gasteiger partial charge in [-0.05, 0) is 66.6 Å². The van der Waals surface area contributed by atoms with Gasteiger partial charge in [0.2, 0.25) is 0 Å². The maximum Gasteiger partial charge on any atom is 0.312 e. The van der Waals surface area contributed by atoms with E-state index in [0.29, 0.717) is 12.0 Å². The highest BCUT2D eigenvalue weighted by Gasteiger charge is 2.53. The fraction of sp³-hybridized carbons (Fsp3) is 0.763. The van der Waals surface area contributed by atoms with Crippen molar-refractivity contribution in [2.45, 2.75) is 141 Å². The lowest BCUT2D eigenvalue weighted by Gasteiger charge is -2.48. The molecule has 300 valence electrons. The van der Waals surface area contributed by atoms with Gasteiger partial charge in [0.1, 0.15) is 29.7 Å². The molecule has 2 saturated heterocycles. The van der Waals surface area contributed by atoms with E-state index in [2.05, 4.69) is 0 Å². The van der Waals surface area contributed by atoms with Crippen LogP contribution in [0.2, 0.25) is 0 Å². The monoisotopic (exact) mass is 752 g/mol. The minimum atomic E-state index is -2.03. The number of cyclic esters (lactones) is 1. The number of carbonyl (C=O) groups excluding carboxylic acids is 3. The molecule has 3 N–H and O–H groups in total. The Bertz CT molecular complexity index is 1440. The minimum absolute atomic E-state index is 0.0242. The number of esters is 2. The van der Waals surface area contributed by atoms with Gasteiger partial charge >= 0.3 is 11.9 Å². The summed E-state index contributed by atoms with van der Waals surface area (Å²) in [6, 6.07) is 5.20. The second kappa shape index (κ2) is 18.1. The second-order valence-electron chi connectivity index (χ2n) is 15.7. The van der Waals surface area contributed by atoms with Crippen LogP contribution in [0.5, 0.6) is 0 Å². The predicted octanol–water partition coefficient (Wildman–Crippen LogP) is 3.22. The molecule has 2 fully saturated rings. The number of methoxy groups -OCH3 is 1. The topological polar surface area (TPSA) is 204 Å². The smallest absolute Gasteiger partial charge is 0.312 e. The number of nitro benzene ring substituents is 1. The number of nitrogens with zero attached hydrogens (tertiary/aromatic N) is 2. The molecule has 0 aliphatic carbocycles. The molecule has 1 aromatic rings. The highest BCUT2D eigenvalue weighted by atomic mass is 16.7. The standard InChI is InChI=1S/C38H60N2O13/c1-12-28-38(8,46)33(44)22(4)30(42)20(2)19-37(7,49-11)34(53-36-31(43)27(39(9)10)16-21(3)50-36)23(5)32(24(6)35(45)51-28)52-29(41)18-25-14-13-15-26(17-25)40(47)48/h13-15,17,20-24,27-28,31-34,36,43-44,46H,12,16,18-19H2,1-11H3/t20-,21-,22+,23+,24-,27+,28-,31-,32+,33-,34-,36?,37+,38-/m1/s1. The average Bonchev–Trinajstić information content (AvgIpc) is 3.10. The van der Waals surface area contributed by atoms with E-state index in [9.17, 15) is 39.8 Å². The van der Waals surface area contributed by atoms with Gasteiger partial charge in [-0.1, -0.05) is 39.8 Å². The van der Waals surface area contributed by atoms with Gasteiger partial charge in [0.15, 0.2) is 6.29 Å². The van der Waals surface area contributed by atoms with Crippen LogP contribution in [0.3, 0.4) is 0 Å². The summed E-state index contributed by atoms with van der Waals surface area (Å²) in [7, 11) is 5.10. The third kappa shape index (κ3) is 10.2. The Balaban J connectivity index is 2.19. The molecule has 0 aromatic heterocycles. The molecule has 53 heavy (non-hydrogen) atoms. The summed E-state index contributed by atoms with van der Waals surface area (Å²) in [6.45, 7) is 12.9. The van der Waals surface area contributed by atoms with Crippen molar-refractivity contribution in [1.82, 2.24) is 4.90 Å². The molecule has 15 heteroatoms. The third-order valence-electron chi connectivity index (χ3n) is 11.2. The van der Waals surface area contributed by atoms with Crippen LogP contribution in [0, 0.1) is 33.8 Å². The lowest BCUT2D eigenvalue weighted by atomic mass is 9.74. The molecule has 1 aromatic carbocycles. The number of Topliss-reactive ketones (excluding diaryl/α,β-unsaturated/α-hetero) is 1. The van der Waals surface area contributed by atoms with Crippen LogP contribution in [0.4, 0.5) is 5.69 Å². The van der Waals surface area contributed by atoms with E-state index in [1.165, 1.54) is 46.1 Å². The maximum absolute atomic E-state index is 14.0. The molecule has 3 rings (SSSR count). The molecule has 0 radical (unpaired) electrons. The van der Waals surface area contributed by atoms with Crippen molar-refractivity contribution in [3.63, 3.8) is 0 Å².